The molecule has 0 saturated heterocycles. The molecule has 230 valence electrons. The summed E-state index contributed by atoms with van der Waals surface area (Å²) in [5.74, 6) is -5.11. The molecule has 0 spiro atoms. The Balaban J connectivity index is 1.72. The lowest BCUT2D eigenvalue weighted by atomic mass is 9.77. The molecular weight excluding hydrogens is 633 g/mol. The third-order valence-electron chi connectivity index (χ3n) is 6.85. The van der Waals surface area contributed by atoms with E-state index in [1.165, 1.54) is 11.0 Å². The Labute approximate surface area is 249 Å². The van der Waals surface area contributed by atoms with Crippen LogP contribution in [-0.2, 0) is 16.6 Å². The number of fused-ring (bicyclic) bond motifs is 1. The average Bonchev–Trinajstić information content (AvgIpc) is 2.90. The summed E-state index contributed by atoms with van der Waals surface area (Å²) in [6.07, 6.45) is -10.4. The van der Waals surface area contributed by atoms with Crippen LogP contribution in [0.25, 0.3) is 0 Å². The van der Waals surface area contributed by atoms with Gasteiger partial charge in [-0.25, -0.2) is 9.78 Å². The Hall–Kier alpha value is -3.75. The minimum Gasteiger partial charge on any atom is -0.482 e. The van der Waals surface area contributed by atoms with Crippen molar-refractivity contribution in [2.45, 2.75) is 37.7 Å². The van der Waals surface area contributed by atoms with Crippen LogP contribution in [0.5, 0.6) is 17.4 Å². The summed E-state index contributed by atoms with van der Waals surface area (Å²) in [7, 11) is 0. The summed E-state index contributed by atoms with van der Waals surface area (Å²) in [6, 6.07) is 6.67. The quantitative estimate of drug-likeness (QED) is 0.205. The van der Waals surface area contributed by atoms with Gasteiger partial charge in [-0.1, -0.05) is 42.3 Å². The Morgan fingerprint density at radius 1 is 1.12 bits per heavy atom. The highest BCUT2D eigenvalue weighted by Gasteiger charge is 2.59. The van der Waals surface area contributed by atoms with Gasteiger partial charge in [-0.3, -0.25) is 4.79 Å². The van der Waals surface area contributed by atoms with Gasteiger partial charge < -0.3 is 24.6 Å². The molecule has 0 bridgehead atoms. The summed E-state index contributed by atoms with van der Waals surface area (Å²) in [4.78, 5) is 28.2. The molecule has 0 aliphatic carbocycles. The highest BCUT2D eigenvalue weighted by molar-refractivity contribution is 6.32. The fraction of sp³-hybridized carbons (Fsp3) is 0.296. The van der Waals surface area contributed by atoms with Crippen molar-refractivity contribution in [2.75, 3.05) is 18.1 Å². The van der Waals surface area contributed by atoms with Crippen LogP contribution in [0, 0.1) is 0 Å². The predicted molar refractivity (Wildman–Crippen MR) is 141 cm³/mol. The number of hydrogen-bond acceptors (Lipinski definition) is 6. The second-order valence-corrected chi connectivity index (χ2v) is 10.1. The standard InChI is InChI=1S/C27H20Cl2F6N2O6/c1-3-37-18-8-13(4-7-19(18)42-11-21(37)38)25(41,27(33,34)35)12(2)15-6-5-14(9-17(15)28)43-20-10-16(26(30,31)32)22(24(39)40)23(29)36-20/h4-10,12,41H,3,11H2,1-2H3,(H,39,40)/t12-,25-/m1/s1. The minimum absolute atomic E-state index is 0.0410. The Kier molecular flexibility index (Phi) is 8.52. The van der Waals surface area contributed by atoms with Crippen LogP contribution < -0.4 is 14.4 Å². The van der Waals surface area contributed by atoms with Crippen LogP contribution in [0.3, 0.4) is 0 Å². The number of carbonyl (C=O) groups excluding carboxylic acids is 1. The molecule has 0 unspecified atom stereocenters. The number of hydrogen-bond donors (Lipinski definition) is 2. The fourth-order valence-corrected chi connectivity index (χ4v) is 5.28. The number of carboxylic acid groups (broad SMARTS) is 1. The molecule has 2 heterocycles. The zero-order valence-corrected chi connectivity index (χ0v) is 23.5. The van der Waals surface area contributed by atoms with Crippen LogP contribution in [-0.4, -0.2) is 46.4 Å². The van der Waals surface area contributed by atoms with Gasteiger partial charge in [0.15, 0.2) is 12.2 Å². The van der Waals surface area contributed by atoms with E-state index in [2.05, 4.69) is 4.98 Å². The number of pyridine rings is 1. The maximum absolute atomic E-state index is 14.6. The zero-order chi connectivity index (χ0) is 32.1. The molecule has 2 atom stereocenters. The lowest BCUT2D eigenvalue weighted by molar-refractivity contribution is -0.274. The second kappa shape index (κ2) is 11.4. The number of amides is 1. The van der Waals surface area contributed by atoms with E-state index >= 15 is 0 Å². The maximum atomic E-state index is 14.6. The van der Waals surface area contributed by atoms with Gasteiger partial charge >= 0.3 is 18.3 Å². The predicted octanol–water partition coefficient (Wildman–Crippen LogP) is 7.20. The first-order valence-electron chi connectivity index (χ1n) is 12.2. The molecular formula is C27H20Cl2F6N2O6. The Morgan fingerprint density at radius 2 is 1.79 bits per heavy atom. The van der Waals surface area contributed by atoms with Crippen molar-refractivity contribution in [3.8, 4) is 17.4 Å². The monoisotopic (exact) mass is 652 g/mol. The largest absolute Gasteiger partial charge is 0.482 e. The van der Waals surface area contributed by atoms with Crippen molar-refractivity contribution < 1.29 is 55.6 Å². The molecule has 1 aliphatic rings. The molecule has 0 saturated carbocycles. The van der Waals surface area contributed by atoms with E-state index in [0.29, 0.717) is 6.07 Å². The van der Waals surface area contributed by atoms with Gasteiger partial charge in [-0.05, 0) is 42.3 Å². The van der Waals surface area contributed by atoms with Crippen molar-refractivity contribution in [1.82, 2.24) is 4.98 Å². The molecule has 16 heteroatoms. The summed E-state index contributed by atoms with van der Waals surface area (Å²) in [5, 5.41) is 19.0. The van der Waals surface area contributed by atoms with E-state index in [9.17, 15) is 41.0 Å². The molecule has 1 amide bonds. The average molecular weight is 653 g/mol. The smallest absolute Gasteiger partial charge is 0.422 e. The number of nitrogens with zero attached hydrogens (tertiary/aromatic N) is 2. The molecule has 1 aliphatic heterocycles. The van der Waals surface area contributed by atoms with Gasteiger partial charge in [-0.2, -0.15) is 26.3 Å². The van der Waals surface area contributed by atoms with E-state index in [1.807, 2.05) is 0 Å². The first-order valence-corrected chi connectivity index (χ1v) is 13.0. The number of benzene rings is 2. The number of aromatic nitrogens is 1. The summed E-state index contributed by atoms with van der Waals surface area (Å²) >= 11 is 11.9. The Bertz CT molecular complexity index is 1600. The second-order valence-electron chi connectivity index (χ2n) is 9.36. The first kappa shape index (κ1) is 32.2. The molecule has 1 aromatic heterocycles. The van der Waals surface area contributed by atoms with Crippen LogP contribution in [0.4, 0.5) is 32.0 Å². The van der Waals surface area contributed by atoms with E-state index in [-0.39, 0.29) is 40.9 Å². The number of carboxylic acids is 1. The first-order chi connectivity index (χ1) is 19.9. The van der Waals surface area contributed by atoms with E-state index in [0.717, 1.165) is 37.3 Å². The minimum atomic E-state index is -5.25. The number of aliphatic hydroxyl groups is 1. The van der Waals surface area contributed by atoms with Crippen molar-refractivity contribution in [3.05, 3.63) is 74.9 Å². The number of carbonyl (C=O) groups is 2. The summed E-state index contributed by atoms with van der Waals surface area (Å²) < 4.78 is 94.7. The molecule has 3 aromatic rings. The van der Waals surface area contributed by atoms with Gasteiger partial charge in [-0.15, -0.1) is 0 Å². The SMILES string of the molecule is CCN1C(=O)COc2ccc([C@](O)([C@H](C)c3ccc(Oc4cc(C(F)(F)F)c(C(=O)O)c(Cl)n4)cc3Cl)C(F)(F)F)cc21. The molecule has 4 rings (SSSR count). The number of ether oxygens (including phenoxy) is 2. The lowest BCUT2D eigenvalue weighted by Crippen LogP contribution is -2.47. The Morgan fingerprint density at radius 3 is 2.35 bits per heavy atom. The number of alkyl halides is 6. The highest BCUT2D eigenvalue weighted by atomic mass is 35.5. The number of likely N-dealkylation sites (N-methyl/N-ethyl adjacent to an activating group) is 1. The summed E-state index contributed by atoms with van der Waals surface area (Å²) in [5.41, 5.74) is -7.24. The molecule has 0 radical (unpaired) electrons. The van der Waals surface area contributed by atoms with Crippen LogP contribution in [0.1, 0.15) is 46.8 Å². The van der Waals surface area contributed by atoms with Gasteiger partial charge in [0.05, 0.1) is 11.3 Å². The molecule has 2 N–H and O–H groups in total. The molecule has 43 heavy (non-hydrogen) atoms. The number of halogens is 8. The highest BCUT2D eigenvalue weighted by Crippen LogP contribution is 2.51. The maximum Gasteiger partial charge on any atom is 0.422 e. The van der Waals surface area contributed by atoms with E-state index in [4.69, 9.17) is 37.8 Å². The van der Waals surface area contributed by atoms with Crippen LogP contribution in [0.2, 0.25) is 10.2 Å². The molecule has 0 fully saturated rings. The summed E-state index contributed by atoms with van der Waals surface area (Å²) in [6.45, 7) is 2.52. The van der Waals surface area contributed by atoms with Crippen molar-refractivity contribution in [2.24, 2.45) is 0 Å². The topological polar surface area (TPSA) is 109 Å². The zero-order valence-electron chi connectivity index (χ0n) is 22.0. The van der Waals surface area contributed by atoms with Gasteiger partial charge in [0.1, 0.15) is 22.2 Å². The van der Waals surface area contributed by atoms with Crippen molar-refractivity contribution in [1.29, 1.82) is 0 Å². The van der Waals surface area contributed by atoms with Crippen molar-refractivity contribution in [3.63, 3.8) is 0 Å². The van der Waals surface area contributed by atoms with Crippen molar-refractivity contribution >= 4 is 40.8 Å². The van der Waals surface area contributed by atoms with Crippen LogP contribution in [0.15, 0.2) is 42.5 Å². The molecule has 8 nitrogen and oxygen atoms in total. The lowest BCUT2D eigenvalue weighted by Gasteiger charge is -2.38. The third kappa shape index (κ3) is 5.91. The van der Waals surface area contributed by atoms with Gasteiger partial charge in [0, 0.05) is 23.6 Å². The normalized spacial score (nSPS) is 15.8. The molecule has 2 aromatic carbocycles. The van der Waals surface area contributed by atoms with Gasteiger partial charge in [0.2, 0.25) is 5.88 Å². The van der Waals surface area contributed by atoms with Gasteiger partial charge in [0.25, 0.3) is 5.91 Å². The third-order valence-corrected chi connectivity index (χ3v) is 7.45. The van der Waals surface area contributed by atoms with E-state index in [1.54, 1.807) is 6.92 Å². The number of aromatic carboxylic acids is 1. The number of anilines is 1. The van der Waals surface area contributed by atoms with Crippen LogP contribution >= 0.6 is 23.2 Å². The fourth-order valence-electron chi connectivity index (χ4n) is 4.68. The number of rotatable bonds is 7. The van der Waals surface area contributed by atoms with E-state index < -0.39 is 63.5 Å².